The van der Waals surface area contributed by atoms with E-state index in [-0.39, 0.29) is 6.42 Å². The Morgan fingerprint density at radius 1 is 1.50 bits per heavy atom. The number of carbonyl (C=O) groups is 1. The summed E-state index contributed by atoms with van der Waals surface area (Å²) in [6, 6.07) is 3.86. The molecule has 0 aliphatic heterocycles. The summed E-state index contributed by atoms with van der Waals surface area (Å²) in [5.74, 6) is -0.876. The van der Waals surface area contributed by atoms with E-state index in [1.165, 1.54) is 4.88 Å². The van der Waals surface area contributed by atoms with Crippen LogP contribution in [0.4, 0.5) is 0 Å². The van der Waals surface area contributed by atoms with Crippen molar-refractivity contribution in [2.24, 2.45) is 5.41 Å². The van der Waals surface area contributed by atoms with Crippen molar-refractivity contribution >= 4 is 17.3 Å². The van der Waals surface area contributed by atoms with E-state index in [0.29, 0.717) is 0 Å². The minimum Gasteiger partial charge on any atom is -0.481 e. The SMILES string of the molecule is CCc1ccc(C(O)CC(C)(C)C(=O)O)s1. The maximum absolute atomic E-state index is 10.9. The number of aliphatic carboxylic acids is 1. The molecular formula is C12H18O3S. The van der Waals surface area contributed by atoms with Crippen molar-refractivity contribution in [3.8, 4) is 0 Å². The topological polar surface area (TPSA) is 57.5 Å². The fourth-order valence-electron chi connectivity index (χ4n) is 1.43. The van der Waals surface area contributed by atoms with E-state index in [1.54, 1.807) is 25.2 Å². The maximum Gasteiger partial charge on any atom is 0.309 e. The molecule has 3 nitrogen and oxygen atoms in total. The quantitative estimate of drug-likeness (QED) is 0.834. The highest BCUT2D eigenvalue weighted by Crippen LogP contribution is 2.33. The van der Waals surface area contributed by atoms with Crippen molar-refractivity contribution in [2.45, 2.75) is 39.7 Å². The number of hydrogen-bond acceptors (Lipinski definition) is 3. The van der Waals surface area contributed by atoms with Crippen molar-refractivity contribution in [3.05, 3.63) is 21.9 Å². The van der Waals surface area contributed by atoms with Crippen LogP contribution in [0.3, 0.4) is 0 Å². The number of rotatable bonds is 5. The molecule has 1 rings (SSSR count). The van der Waals surface area contributed by atoms with E-state index in [0.717, 1.165) is 11.3 Å². The Morgan fingerprint density at radius 2 is 2.12 bits per heavy atom. The van der Waals surface area contributed by atoms with Gasteiger partial charge in [-0.1, -0.05) is 6.92 Å². The zero-order valence-electron chi connectivity index (χ0n) is 9.86. The van der Waals surface area contributed by atoms with E-state index in [1.807, 2.05) is 12.1 Å². The summed E-state index contributed by atoms with van der Waals surface area (Å²) in [4.78, 5) is 13.0. The molecule has 0 aliphatic carbocycles. The average molecular weight is 242 g/mol. The lowest BCUT2D eigenvalue weighted by Crippen LogP contribution is -2.25. The first-order valence-corrected chi connectivity index (χ1v) is 6.18. The third-order valence-corrected chi connectivity index (χ3v) is 3.97. The van der Waals surface area contributed by atoms with Gasteiger partial charge in [-0.25, -0.2) is 0 Å². The molecule has 0 saturated carbocycles. The summed E-state index contributed by atoms with van der Waals surface area (Å²) in [5.41, 5.74) is -0.893. The van der Waals surface area contributed by atoms with E-state index >= 15 is 0 Å². The minimum absolute atomic E-state index is 0.242. The Hall–Kier alpha value is -0.870. The average Bonchev–Trinajstić information content (AvgIpc) is 2.64. The Bertz CT molecular complexity index is 368. The van der Waals surface area contributed by atoms with Gasteiger partial charge in [-0.2, -0.15) is 0 Å². The molecule has 4 heteroatoms. The standard InChI is InChI=1S/C12H18O3S/c1-4-8-5-6-10(16-8)9(13)7-12(2,3)11(14)15/h5-6,9,13H,4,7H2,1-3H3,(H,14,15). The van der Waals surface area contributed by atoms with Crippen molar-refractivity contribution in [1.29, 1.82) is 0 Å². The van der Waals surface area contributed by atoms with Gasteiger partial charge in [0.25, 0.3) is 0 Å². The number of aryl methyl sites for hydroxylation is 1. The fraction of sp³-hybridized carbons (Fsp3) is 0.583. The normalized spacial score (nSPS) is 13.8. The number of carboxylic acid groups (broad SMARTS) is 1. The first-order chi connectivity index (χ1) is 7.36. The molecule has 1 heterocycles. The van der Waals surface area contributed by atoms with Gasteiger partial charge in [-0.3, -0.25) is 4.79 Å². The number of aliphatic hydroxyl groups is 1. The van der Waals surface area contributed by atoms with Crippen LogP contribution >= 0.6 is 11.3 Å². The summed E-state index contributed by atoms with van der Waals surface area (Å²) in [5, 5.41) is 18.9. The number of carboxylic acids is 1. The molecule has 0 bridgehead atoms. The van der Waals surface area contributed by atoms with Crippen LogP contribution in [0.1, 0.15) is 43.1 Å². The zero-order chi connectivity index (χ0) is 12.3. The molecule has 1 aromatic rings. The molecule has 16 heavy (non-hydrogen) atoms. The predicted molar refractivity (Wildman–Crippen MR) is 64.7 cm³/mol. The second-order valence-corrected chi connectivity index (χ2v) is 5.77. The largest absolute Gasteiger partial charge is 0.481 e. The van der Waals surface area contributed by atoms with Gasteiger partial charge in [-0.05, 0) is 38.8 Å². The number of thiophene rings is 1. The minimum atomic E-state index is -0.893. The fourth-order valence-corrected chi connectivity index (χ4v) is 2.37. The Balaban J connectivity index is 2.72. The highest BCUT2D eigenvalue weighted by Gasteiger charge is 2.31. The third kappa shape index (κ3) is 3.06. The van der Waals surface area contributed by atoms with Gasteiger partial charge in [0.1, 0.15) is 0 Å². The predicted octanol–water partition coefficient (Wildman–Crippen LogP) is 2.84. The summed E-state index contributed by atoms with van der Waals surface area (Å²) in [6.45, 7) is 5.32. The van der Waals surface area contributed by atoms with Gasteiger partial charge < -0.3 is 10.2 Å². The van der Waals surface area contributed by atoms with Crippen LogP contribution < -0.4 is 0 Å². The van der Waals surface area contributed by atoms with E-state index in [2.05, 4.69) is 6.92 Å². The second kappa shape index (κ2) is 4.97. The van der Waals surface area contributed by atoms with Gasteiger partial charge in [-0.15, -0.1) is 11.3 Å². The van der Waals surface area contributed by atoms with E-state index in [9.17, 15) is 9.90 Å². The van der Waals surface area contributed by atoms with Crippen LogP contribution in [0.2, 0.25) is 0 Å². The molecule has 0 amide bonds. The van der Waals surface area contributed by atoms with Crippen molar-refractivity contribution < 1.29 is 15.0 Å². The summed E-state index contributed by atoms with van der Waals surface area (Å²) < 4.78 is 0. The molecule has 1 unspecified atom stereocenters. The molecule has 0 saturated heterocycles. The van der Waals surface area contributed by atoms with Crippen molar-refractivity contribution in [1.82, 2.24) is 0 Å². The van der Waals surface area contributed by atoms with E-state index in [4.69, 9.17) is 5.11 Å². The molecule has 0 fully saturated rings. The monoisotopic (exact) mass is 242 g/mol. The van der Waals surface area contributed by atoms with Crippen LogP contribution in [-0.2, 0) is 11.2 Å². The lowest BCUT2D eigenvalue weighted by Gasteiger charge is -2.21. The number of aliphatic hydroxyl groups excluding tert-OH is 1. The highest BCUT2D eigenvalue weighted by atomic mass is 32.1. The van der Waals surface area contributed by atoms with Crippen LogP contribution in [0.15, 0.2) is 12.1 Å². The van der Waals surface area contributed by atoms with Gasteiger partial charge in [0, 0.05) is 9.75 Å². The van der Waals surface area contributed by atoms with Gasteiger partial charge >= 0.3 is 5.97 Å². The molecule has 90 valence electrons. The summed E-state index contributed by atoms with van der Waals surface area (Å²) in [6.07, 6.45) is 0.502. The van der Waals surface area contributed by atoms with Crippen LogP contribution in [0.5, 0.6) is 0 Å². The highest BCUT2D eigenvalue weighted by molar-refractivity contribution is 7.12. The van der Waals surface area contributed by atoms with Crippen LogP contribution in [-0.4, -0.2) is 16.2 Å². The molecular weight excluding hydrogens is 224 g/mol. The Labute approximate surface area is 99.7 Å². The van der Waals surface area contributed by atoms with E-state index < -0.39 is 17.5 Å². The molecule has 1 atom stereocenters. The first-order valence-electron chi connectivity index (χ1n) is 5.37. The molecule has 1 aromatic heterocycles. The Morgan fingerprint density at radius 3 is 2.56 bits per heavy atom. The Kier molecular flexibility index (Phi) is 4.10. The number of hydrogen-bond donors (Lipinski definition) is 2. The molecule has 2 N–H and O–H groups in total. The second-order valence-electron chi connectivity index (χ2n) is 4.57. The lowest BCUT2D eigenvalue weighted by atomic mass is 9.86. The lowest BCUT2D eigenvalue weighted by molar-refractivity contribution is -0.148. The molecule has 0 radical (unpaired) electrons. The molecule has 0 spiro atoms. The first kappa shape index (κ1) is 13.2. The molecule has 0 aliphatic rings. The summed E-state index contributed by atoms with van der Waals surface area (Å²) in [7, 11) is 0. The van der Waals surface area contributed by atoms with Gasteiger partial charge in [0.15, 0.2) is 0 Å². The maximum atomic E-state index is 10.9. The van der Waals surface area contributed by atoms with Gasteiger partial charge in [0.05, 0.1) is 11.5 Å². The third-order valence-electron chi connectivity index (χ3n) is 2.64. The van der Waals surface area contributed by atoms with Crippen LogP contribution in [0, 0.1) is 5.41 Å². The zero-order valence-corrected chi connectivity index (χ0v) is 10.7. The van der Waals surface area contributed by atoms with Crippen molar-refractivity contribution in [2.75, 3.05) is 0 Å². The summed E-state index contributed by atoms with van der Waals surface area (Å²) >= 11 is 1.55. The molecule has 0 aromatic carbocycles. The van der Waals surface area contributed by atoms with Crippen molar-refractivity contribution in [3.63, 3.8) is 0 Å². The smallest absolute Gasteiger partial charge is 0.309 e. The van der Waals surface area contributed by atoms with Crippen LogP contribution in [0.25, 0.3) is 0 Å². The van der Waals surface area contributed by atoms with Gasteiger partial charge in [0.2, 0.25) is 0 Å².